The van der Waals surface area contributed by atoms with Crippen LogP contribution in [-0.2, 0) is 22.4 Å². The number of rotatable bonds is 8. The van der Waals surface area contributed by atoms with Gasteiger partial charge in [-0.2, -0.15) is 0 Å². The molecule has 1 aliphatic rings. The third-order valence-corrected chi connectivity index (χ3v) is 4.94. The Morgan fingerprint density at radius 1 is 0.929 bits per heavy atom. The number of likely N-dealkylation sites (N-methyl/N-ethyl adjacent to an activating group) is 1. The summed E-state index contributed by atoms with van der Waals surface area (Å²) >= 11 is 0. The molecule has 2 N–H and O–H groups in total. The van der Waals surface area contributed by atoms with Gasteiger partial charge in [0.1, 0.15) is 5.75 Å². The van der Waals surface area contributed by atoms with Crippen LogP contribution in [0.2, 0.25) is 0 Å². The van der Waals surface area contributed by atoms with Crippen LogP contribution in [0, 0.1) is 0 Å². The Morgan fingerprint density at radius 3 is 2.18 bits per heavy atom. The number of amides is 2. The molecule has 0 unspecified atom stereocenters. The lowest BCUT2D eigenvalue weighted by atomic mass is 10.1. The number of carbonyl (C=O) groups excluding carboxylic acids is 2. The van der Waals surface area contributed by atoms with Crippen LogP contribution in [0.5, 0.6) is 5.75 Å². The number of hydrogen-bond donors (Lipinski definition) is 2. The number of anilines is 2. The molecule has 2 aromatic rings. The average Bonchev–Trinajstić information content (AvgIpc) is 3.15. The molecule has 0 aromatic heterocycles. The second-order valence-electron chi connectivity index (χ2n) is 6.97. The number of benzene rings is 2. The zero-order valence-corrected chi connectivity index (χ0v) is 16.5. The summed E-state index contributed by atoms with van der Waals surface area (Å²) in [5.41, 5.74) is 4.22. The Balaban J connectivity index is 1.49. The highest BCUT2D eigenvalue weighted by Gasteiger charge is 2.15. The fourth-order valence-electron chi connectivity index (χ4n) is 3.41. The van der Waals surface area contributed by atoms with Crippen molar-refractivity contribution in [2.45, 2.75) is 26.2 Å². The van der Waals surface area contributed by atoms with Crippen molar-refractivity contribution in [3.8, 4) is 5.75 Å². The monoisotopic (exact) mass is 381 g/mol. The summed E-state index contributed by atoms with van der Waals surface area (Å²) in [6.45, 7) is 2.86. The van der Waals surface area contributed by atoms with Crippen LogP contribution in [0.1, 0.15) is 24.5 Å². The predicted octanol–water partition coefficient (Wildman–Crippen LogP) is 3.08. The number of aryl methyl sites for hydroxylation is 2. The first kappa shape index (κ1) is 19.9. The van der Waals surface area contributed by atoms with Crippen molar-refractivity contribution in [1.82, 2.24) is 4.90 Å². The molecule has 6 heteroatoms. The van der Waals surface area contributed by atoms with Gasteiger partial charge in [-0.3, -0.25) is 14.5 Å². The van der Waals surface area contributed by atoms with E-state index in [0.29, 0.717) is 12.2 Å². The maximum Gasteiger partial charge on any atom is 0.238 e. The zero-order chi connectivity index (χ0) is 19.9. The number of nitrogens with one attached hydrogen (secondary N) is 2. The van der Waals surface area contributed by atoms with Crippen molar-refractivity contribution >= 4 is 23.2 Å². The van der Waals surface area contributed by atoms with E-state index < -0.39 is 0 Å². The van der Waals surface area contributed by atoms with Gasteiger partial charge in [-0.1, -0.05) is 13.0 Å². The predicted molar refractivity (Wildman–Crippen MR) is 111 cm³/mol. The summed E-state index contributed by atoms with van der Waals surface area (Å²) in [6, 6.07) is 13.3. The van der Waals surface area contributed by atoms with Crippen molar-refractivity contribution in [3.63, 3.8) is 0 Å². The van der Waals surface area contributed by atoms with Gasteiger partial charge >= 0.3 is 0 Å². The molecule has 2 amide bonds. The highest BCUT2D eigenvalue weighted by Crippen LogP contribution is 2.24. The first-order valence-electron chi connectivity index (χ1n) is 9.65. The SMILES string of the molecule is CCN(CC(=O)Nc1ccc(OC)cc1)CC(=O)Nc1ccc2c(c1)CCC2. The van der Waals surface area contributed by atoms with E-state index in [4.69, 9.17) is 4.74 Å². The summed E-state index contributed by atoms with van der Waals surface area (Å²) in [4.78, 5) is 26.5. The molecule has 3 rings (SSSR count). The minimum Gasteiger partial charge on any atom is -0.497 e. The van der Waals surface area contributed by atoms with Crippen LogP contribution in [-0.4, -0.2) is 43.5 Å². The lowest BCUT2D eigenvalue weighted by Crippen LogP contribution is -2.38. The molecule has 28 heavy (non-hydrogen) atoms. The quantitative estimate of drug-likeness (QED) is 0.737. The van der Waals surface area contributed by atoms with Crippen LogP contribution in [0.25, 0.3) is 0 Å². The highest BCUT2D eigenvalue weighted by molar-refractivity contribution is 5.94. The number of fused-ring (bicyclic) bond motifs is 1. The van der Waals surface area contributed by atoms with Gasteiger partial charge < -0.3 is 15.4 Å². The van der Waals surface area contributed by atoms with E-state index in [9.17, 15) is 9.59 Å². The van der Waals surface area contributed by atoms with Gasteiger partial charge in [0.15, 0.2) is 0 Å². The molecule has 0 radical (unpaired) electrons. The topological polar surface area (TPSA) is 70.7 Å². The Morgan fingerprint density at radius 2 is 1.54 bits per heavy atom. The minimum absolute atomic E-state index is 0.114. The number of ether oxygens (including phenoxy) is 1. The van der Waals surface area contributed by atoms with Gasteiger partial charge in [0.2, 0.25) is 11.8 Å². The highest BCUT2D eigenvalue weighted by atomic mass is 16.5. The smallest absolute Gasteiger partial charge is 0.238 e. The van der Waals surface area contributed by atoms with Crippen molar-refractivity contribution in [3.05, 3.63) is 53.6 Å². The fraction of sp³-hybridized carbons (Fsp3) is 0.364. The van der Waals surface area contributed by atoms with Gasteiger partial charge in [0.25, 0.3) is 0 Å². The molecule has 148 valence electrons. The van der Waals surface area contributed by atoms with Gasteiger partial charge in [0, 0.05) is 11.4 Å². The number of carbonyl (C=O) groups is 2. The van der Waals surface area contributed by atoms with Crippen molar-refractivity contribution in [2.75, 3.05) is 37.4 Å². The summed E-state index contributed by atoms with van der Waals surface area (Å²) in [5, 5.41) is 5.79. The molecular formula is C22H27N3O3. The van der Waals surface area contributed by atoms with Crippen LogP contribution >= 0.6 is 0 Å². The molecule has 0 atom stereocenters. The standard InChI is InChI=1S/C22H27N3O3/c1-3-25(14-21(26)23-18-9-11-20(28-2)12-10-18)15-22(27)24-19-8-7-16-5-4-6-17(16)13-19/h7-13H,3-6,14-15H2,1-2H3,(H,23,26)(H,24,27). The van der Waals surface area contributed by atoms with Gasteiger partial charge in [-0.15, -0.1) is 0 Å². The van der Waals surface area contributed by atoms with Crippen LogP contribution in [0.15, 0.2) is 42.5 Å². The maximum absolute atomic E-state index is 12.4. The largest absolute Gasteiger partial charge is 0.497 e. The number of hydrogen-bond acceptors (Lipinski definition) is 4. The van der Waals surface area contributed by atoms with E-state index in [1.165, 1.54) is 17.5 Å². The van der Waals surface area contributed by atoms with Crippen molar-refractivity contribution in [1.29, 1.82) is 0 Å². The molecular weight excluding hydrogens is 354 g/mol. The molecule has 0 saturated carbocycles. The van der Waals surface area contributed by atoms with Crippen molar-refractivity contribution in [2.24, 2.45) is 0 Å². The normalized spacial score (nSPS) is 12.5. The summed E-state index contributed by atoms with van der Waals surface area (Å²) in [7, 11) is 1.60. The molecule has 1 aliphatic carbocycles. The summed E-state index contributed by atoms with van der Waals surface area (Å²) in [6.07, 6.45) is 3.38. The molecule has 0 saturated heterocycles. The van der Waals surface area contributed by atoms with Gasteiger partial charge in [-0.05, 0) is 73.3 Å². The molecule has 2 aromatic carbocycles. The summed E-state index contributed by atoms with van der Waals surface area (Å²) in [5.74, 6) is 0.464. The van der Waals surface area contributed by atoms with Gasteiger partial charge in [-0.25, -0.2) is 0 Å². The minimum atomic E-state index is -0.155. The van der Waals surface area contributed by atoms with Crippen LogP contribution < -0.4 is 15.4 Å². The second-order valence-corrected chi connectivity index (χ2v) is 6.97. The lowest BCUT2D eigenvalue weighted by molar-refractivity contribution is -0.119. The maximum atomic E-state index is 12.4. The van der Waals surface area contributed by atoms with Crippen LogP contribution in [0.4, 0.5) is 11.4 Å². The Hall–Kier alpha value is -2.86. The zero-order valence-electron chi connectivity index (χ0n) is 16.5. The fourth-order valence-corrected chi connectivity index (χ4v) is 3.41. The van der Waals surface area contributed by atoms with E-state index in [0.717, 1.165) is 24.3 Å². The third kappa shape index (κ3) is 5.33. The molecule has 0 fully saturated rings. The van der Waals surface area contributed by atoms with E-state index in [1.807, 2.05) is 17.9 Å². The van der Waals surface area contributed by atoms with Crippen molar-refractivity contribution < 1.29 is 14.3 Å². The molecule has 0 spiro atoms. The number of nitrogens with zero attached hydrogens (tertiary/aromatic N) is 1. The Bertz CT molecular complexity index is 833. The van der Waals surface area contributed by atoms with E-state index in [-0.39, 0.29) is 24.9 Å². The van der Waals surface area contributed by atoms with Crippen LogP contribution in [0.3, 0.4) is 0 Å². The second kappa shape index (κ2) is 9.37. The van der Waals surface area contributed by atoms with E-state index in [1.54, 1.807) is 31.4 Å². The first-order valence-corrected chi connectivity index (χ1v) is 9.65. The van der Waals surface area contributed by atoms with E-state index >= 15 is 0 Å². The Kier molecular flexibility index (Phi) is 6.66. The number of methoxy groups -OCH3 is 1. The first-order chi connectivity index (χ1) is 13.6. The average molecular weight is 381 g/mol. The molecule has 0 aliphatic heterocycles. The molecule has 6 nitrogen and oxygen atoms in total. The van der Waals surface area contributed by atoms with Gasteiger partial charge in [0.05, 0.1) is 20.2 Å². The third-order valence-electron chi connectivity index (χ3n) is 4.94. The van der Waals surface area contributed by atoms with E-state index in [2.05, 4.69) is 22.8 Å². The molecule has 0 bridgehead atoms. The summed E-state index contributed by atoms with van der Waals surface area (Å²) < 4.78 is 5.11. The Labute approximate surface area is 165 Å². The molecule has 0 heterocycles. The lowest BCUT2D eigenvalue weighted by Gasteiger charge is -2.19.